The van der Waals surface area contributed by atoms with Crippen LogP contribution in [0.4, 0.5) is 8.78 Å². The van der Waals surface area contributed by atoms with E-state index in [9.17, 15) is 8.78 Å². The number of rotatable bonds is 1. The summed E-state index contributed by atoms with van der Waals surface area (Å²) in [5.41, 5.74) is 0.690. The first-order valence-electron chi connectivity index (χ1n) is 6.50. The van der Waals surface area contributed by atoms with Gasteiger partial charge in [-0.3, -0.25) is 0 Å². The molecule has 18 heavy (non-hydrogen) atoms. The number of hydrogen-bond donors (Lipinski definition) is 1. The van der Waals surface area contributed by atoms with E-state index < -0.39 is 11.6 Å². The Hall–Kier alpha value is -1.00. The Labute approximate surface area is 105 Å². The molecule has 1 heterocycles. The number of halogens is 2. The Bertz CT molecular complexity index is 413. The first-order chi connectivity index (χ1) is 8.67. The summed E-state index contributed by atoms with van der Waals surface area (Å²) in [6, 6.07) is 3.59. The first-order valence-corrected chi connectivity index (χ1v) is 6.50. The predicted octanol–water partition coefficient (Wildman–Crippen LogP) is 2.94. The molecule has 0 radical (unpaired) electrons. The van der Waals surface area contributed by atoms with Crippen LogP contribution in [-0.4, -0.2) is 18.7 Å². The van der Waals surface area contributed by atoms with Gasteiger partial charge in [-0.15, -0.1) is 0 Å². The zero-order valence-corrected chi connectivity index (χ0v) is 10.2. The molecule has 98 valence electrons. The van der Waals surface area contributed by atoms with E-state index in [1.165, 1.54) is 25.0 Å². The van der Waals surface area contributed by atoms with Crippen molar-refractivity contribution in [3.63, 3.8) is 0 Å². The molecule has 2 nitrogen and oxygen atoms in total. The van der Waals surface area contributed by atoms with Gasteiger partial charge in [0.25, 0.3) is 0 Å². The summed E-state index contributed by atoms with van der Waals surface area (Å²) in [6.07, 6.45) is 4.49. The van der Waals surface area contributed by atoms with E-state index >= 15 is 0 Å². The summed E-state index contributed by atoms with van der Waals surface area (Å²) in [7, 11) is 0. The van der Waals surface area contributed by atoms with E-state index in [0.717, 1.165) is 18.9 Å². The fourth-order valence-corrected chi connectivity index (χ4v) is 3.03. The van der Waals surface area contributed by atoms with Crippen LogP contribution >= 0.6 is 0 Å². The lowest BCUT2D eigenvalue weighted by molar-refractivity contribution is -0.0328. The van der Waals surface area contributed by atoms with E-state index in [2.05, 4.69) is 5.32 Å². The van der Waals surface area contributed by atoms with E-state index in [0.29, 0.717) is 18.7 Å². The summed E-state index contributed by atoms with van der Waals surface area (Å²) in [5, 5.41) is 3.51. The lowest BCUT2D eigenvalue weighted by atomic mass is 9.95. The van der Waals surface area contributed by atoms with Crippen molar-refractivity contribution < 1.29 is 13.5 Å². The van der Waals surface area contributed by atoms with Gasteiger partial charge in [0.05, 0.1) is 12.7 Å². The van der Waals surface area contributed by atoms with E-state index in [-0.39, 0.29) is 11.6 Å². The van der Waals surface area contributed by atoms with Crippen molar-refractivity contribution in [1.29, 1.82) is 0 Å². The lowest BCUT2D eigenvalue weighted by Gasteiger charge is -2.38. The number of hydrogen-bond acceptors (Lipinski definition) is 2. The molecule has 1 saturated carbocycles. The number of ether oxygens (including phenoxy) is 1. The fraction of sp³-hybridized carbons (Fsp3) is 0.571. The number of morpholine rings is 1. The molecule has 1 unspecified atom stereocenters. The van der Waals surface area contributed by atoms with Gasteiger partial charge < -0.3 is 10.1 Å². The van der Waals surface area contributed by atoms with Gasteiger partial charge in [-0.1, -0.05) is 12.8 Å². The topological polar surface area (TPSA) is 21.3 Å². The van der Waals surface area contributed by atoms with Gasteiger partial charge in [-0.2, -0.15) is 0 Å². The van der Waals surface area contributed by atoms with Crippen LogP contribution in [0.2, 0.25) is 0 Å². The molecule has 1 spiro atoms. The van der Waals surface area contributed by atoms with Crippen LogP contribution in [0.25, 0.3) is 0 Å². The van der Waals surface area contributed by atoms with E-state index in [4.69, 9.17) is 4.74 Å². The zero-order valence-electron chi connectivity index (χ0n) is 10.2. The highest BCUT2D eigenvalue weighted by Gasteiger charge is 2.38. The number of nitrogens with one attached hydrogen (secondary N) is 1. The third-order valence-corrected chi connectivity index (χ3v) is 4.04. The molecule has 2 aliphatic rings. The number of benzene rings is 1. The van der Waals surface area contributed by atoms with Gasteiger partial charge in [0.15, 0.2) is 0 Å². The van der Waals surface area contributed by atoms with Gasteiger partial charge in [0, 0.05) is 18.2 Å². The van der Waals surface area contributed by atoms with Crippen LogP contribution in [0.1, 0.15) is 37.4 Å². The minimum absolute atomic E-state index is 0.113. The quantitative estimate of drug-likeness (QED) is 0.831. The average molecular weight is 253 g/mol. The largest absolute Gasteiger partial charge is 0.370 e. The van der Waals surface area contributed by atoms with Crippen LogP contribution in [0.5, 0.6) is 0 Å². The SMILES string of the molecule is Fc1cc(F)cc(C2CNC3(CCCC3)CO2)c1. The molecule has 1 aliphatic carbocycles. The van der Waals surface area contributed by atoms with Crippen molar-refractivity contribution in [3.8, 4) is 0 Å². The molecule has 3 rings (SSSR count). The Balaban J connectivity index is 1.72. The minimum Gasteiger partial charge on any atom is -0.370 e. The third-order valence-electron chi connectivity index (χ3n) is 4.04. The van der Waals surface area contributed by atoms with Crippen molar-refractivity contribution in [3.05, 3.63) is 35.4 Å². The maximum absolute atomic E-state index is 13.2. The second kappa shape index (κ2) is 4.59. The van der Waals surface area contributed by atoms with Crippen molar-refractivity contribution in [2.75, 3.05) is 13.2 Å². The summed E-state index contributed by atoms with van der Waals surface area (Å²) in [6.45, 7) is 1.26. The molecule has 0 amide bonds. The molecular weight excluding hydrogens is 236 g/mol. The molecule has 1 atom stereocenters. The Kier molecular flexibility index (Phi) is 3.08. The smallest absolute Gasteiger partial charge is 0.126 e. The van der Waals surface area contributed by atoms with E-state index in [1.807, 2.05) is 0 Å². The molecular formula is C14H17F2NO. The average Bonchev–Trinajstić information content (AvgIpc) is 2.77. The molecule has 0 bridgehead atoms. The van der Waals surface area contributed by atoms with Crippen molar-refractivity contribution in [2.24, 2.45) is 0 Å². The van der Waals surface area contributed by atoms with Gasteiger partial charge in [-0.05, 0) is 30.5 Å². The molecule has 1 aromatic rings. The van der Waals surface area contributed by atoms with Gasteiger partial charge in [0.2, 0.25) is 0 Å². The van der Waals surface area contributed by atoms with Crippen LogP contribution in [-0.2, 0) is 4.74 Å². The van der Waals surface area contributed by atoms with Crippen molar-refractivity contribution in [1.82, 2.24) is 5.32 Å². The lowest BCUT2D eigenvalue weighted by Crippen LogP contribution is -2.53. The molecule has 2 fully saturated rings. The highest BCUT2D eigenvalue weighted by molar-refractivity contribution is 5.21. The van der Waals surface area contributed by atoms with E-state index in [1.54, 1.807) is 0 Å². The normalized spacial score (nSPS) is 26.7. The summed E-state index contributed by atoms with van der Waals surface area (Å²) < 4.78 is 32.1. The second-order valence-corrected chi connectivity index (χ2v) is 5.37. The van der Waals surface area contributed by atoms with Crippen molar-refractivity contribution in [2.45, 2.75) is 37.3 Å². The molecule has 4 heteroatoms. The molecule has 1 aliphatic heterocycles. The third kappa shape index (κ3) is 2.27. The predicted molar refractivity (Wildman–Crippen MR) is 64.3 cm³/mol. The highest BCUT2D eigenvalue weighted by atomic mass is 19.1. The van der Waals surface area contributed by atoms with Crippen LogP contribution in [0.3, 0.4) is 0 Å². The molecule has 0 aromatic heterocycles. The summed E-state index contributed by atoms with van der Waals surface area (Å²) in [5.74, 6) is -1.09. The monoisotopic (exact) mass is 253 g/mol. The van der Waals surface area contributed by atoms with Crippen LogP contribution in [0, 0.1) is 11.6 Å². The van der Waals surface area contributed by atoms with Gasteiger partial charge in [0.1, 0.15) is 11.6 Å². The summed E-state index contributed by atoms with van der Waals surface area (Å²) in [4.78, 5) is 0. The van der Waals surface area contributed by atoms with Gasteiger partial charge >= 0.3 is 0 Å². The summed E-state index contributed by atoms with van der Waals surface area (Å²) >= 11 is 0. The molecule has 1 saturated heterocycles. The Morgan fingerprint density at radius 3 is 2.33 bits per heavy atom. The minimum atomic E-state index is -0.547. The standard InChI is InChI=1S/C14H17F2NO/c15-11-5-10(6-12(16)7-11)13-8-17-14(9-18-13)3-1-2-4-14/h5-7,13,17H,1-4,8-9H2. The first kappa shape index (κ1) is 12.1. The highest BCUT2D eigenvalue weighted by Crippen LogP contribution is 2.35. The second-order valence-electron chi connectivity index (χ2n) is 5.37. The maximum atomic E-state index is 13.2. The Morgan fingerprint density at radius 1 is 1.11 bits per heavy atom. The van der Waals surface area contributed by atoms with Crippen molar-refractivity contribution >= 4 is 0 Å². The van der Waals surface area contributed by atoms with Gasteiger partial charge in [-0.25, -0.2) is 8.78 Å². The maximum Gasteiger partial charge on any atom is 0.126 e. The molecule has 1 N–H and O–H groups in total. The van der Waals surface area contributed by atoms with Crippen LogP contribution in [0.15, 0.2) is 18.2 Å². The van der Waals surface area contributed by atoms with Crippen LogP contribution < -0.4 is 5.32 Å². The molecule has 1 aromatic carbocycles. The zero-order chi connectivity index (χ0) is 12.6. The fourth-order valence-electron chi connectivity index (χ4n) is 3.03. The Morgan fingerprint density at radius 2 is 1.78 bits per heavy atom.